The Bertz CT molecular complexity index is 1350. The van der Waals surface area contributed by atoms with Crippen molar-refractivity contribution in [2.75, 3.05) is 23.4 Å². The third kappa shape index (κ3) is 5.08. The summed E-state index contributed by atoms with van der Waals surface area (Å²) < 4.78 is 23.9. The zero-order valence-corrected chi connectivity index (χ0v) is 18.1. The summed E-state index contributed by atoms with van der Waals surface area (Å²) in [6, 6.07) is 9.49. The van der Waals surface area contributed by atoms with E-state index in [-0.39, 0.29) is 30.2 Å². The van der Waals surface area contributed by atoms with Crippen LogP contribution in [0.2, 0.25) is 0 Å². The van der Waals surface area contributed by atoms with E-state index in [0.29, 0.717) is 11.3 Å². The number of aromatic amines is 1. The van der Waals surface area contributed by atoms with Crippen LogP contribution in [0.25, 0.3) is 11.4 Å². The van der Waals surface area contributed by atoms with Crippen LogP contribution in [0.4, 0.5) is 15.8 Å². The Morgan fingerprint density at radius 2 is 2.00 bits per heavy atom. The Morgan fingerprint density at radius 3 is 2.66 bits per heavy atom. The molecule has 2 amide bonds. The number of H-pyrrole nitrogens is 1. The molecule has 1 aliphatic rings. The molecular weight excluding hydrogens is 463 g/mol. The maximum Gasteiger partial charge on any atom is 0.439 e. The van der Waals surface area contributed by atoms with Crippen LogP contribution in [-0.4, -0.2) is 58.2 Å². The molecule has 2 unspecified atom stereocenters. The minimum absolute atomic E-state index is 0.00211. The number of carbonyl (C=O) groups is 3. The average Bonchev–Trinajstić information content (AvgIpc) is 3.29. The second-order valence-corrected chi connectivity index (χ2v) is 7.50. The summed E-state index contributed by atoms with van der Waals surface area (Å²) in [5.41, 5.74) is 0.895. The number of carbonyl (C=O) groups excluding carboxylic acids is 3. The van der Waals surface area contributed by atoms with Gasteiger partial charge >= 0.3 is 5.76 Å². The molecule has 3 N–H and O–H groups in total. The van der Waals surface area contributed by atoms with Gasteiger partial charge in [-0.3, -0.25) is 23.9 Å². The number of anilines is 2. The van der Waals surface area contributed by atoms with Crippen LogP contribution in [0.15, 0.2) is 64.4 Å². The number of morpholine rings is 1. The van der Waals surface area contributed by atoms with E-state index in [9.17, 15) is 28.7 Å². The fraction of sp³-hybridized carbons (Fsp3) is 0.174. The van der Waals surface area contributed by atoms with Gasteiger partial charge in [-0.05, 0) is 48.5 Å². The molecule has 0 spiro atoms. The molecule has 0 saturated carbocycles. The van der Waals surface area contributed by atoms with Crippen molar-refractivity contribution in [1.29, 1.82) is 0 Å². The highest BCUT2D eigenvalue weighted by molar-refractivity contribution is 6.07. The molecule has 12 heteroatoms. The van der Waals surface area contributed by atoms with Gasteiger partial charge in [0.15, 0.2) is 23.8 Å². The Morgan fingerprint density at radius 1 is 1.26 bits per heavy atom. The van der Waals surface area contributed by atoms with Crippen LogP contribution in [0.1, 0.15) is 10.4 Å². The van der Waals surface area contributed by atoms with Crippen LogP contribution in [0.3, 0.4) is 0 Å². The Labute approximate surface area is 196 Å². The van der Waals surface area contributed by atoms with Crippen molar-refractivity contribution in [1.82, 2.24) is 10.1 Å². The summed E-state index contributed by atoms with van der Waals surface area (Å²) in [6.45, 7) is 3.36. The highest BCUT2D eigenvalue weighted by Crippen LogP contribution is 2.24. The average molecular weight is 482 g/mol. The number of benzene rings is 2. The monoisotopic (exact) mass is 482 g/mol. The number of rotatable bonds is 7. The number of allylic oxidation sites excluding steroid dienone is 1. The first-order valence-electron chi connectivity index (χ1n) is 10.3. The molecule has 2 aromatic carbocycles. The van der Waals surface area contributed by atoms with E-state index >= 15 is 0 Å². The van der Waals surface area contributed by atoms with Crippen LogP contribution >= 0.6 is 0 Å². The molecule has 1 aliphatic heterocycles. The van der Waals surface area contributed by atoms with Crippen LogP contribution in [0.5, 0.6) is 0 Å². The lowest BCUT2D eigenvalue weighted by atomic mass is 10.1. The number of amides is 2. The van der Waals surface area contributed by atoms with Gasteiger partial charge in [0, 0.05) is 29.0 Å². The van der Waals surface area contributed by atoms with Crippen LogP contribution < -0.4 is 16.0 Å². The number of nitrogens with zero attached hydrogens (tertiary/aromatic N) is 2. The summed E-state index contributed by atoms with van der Waals surface area (Å²) >= 11 is 0. The maximum atomic E-state index is 14.1. The van der Waals surface area contributed by atoms with E-state index in [2.05, 4.69) is 26.6 Å². The Balaban J connectivity index is 1.47. The zero-order chi connectivity index (χ0) is 25.1. The molecule has 0 aliphatic carbocycles. The van der Waals surface area contributed by atoms with E-state index in [0.717, 1.165) is 23.1 Å². The minimum Gasteiger partial charge on any atom is -0.380 e. The minimum atomic E-state index is -1.88. The van der Waals surface area contributed by atoms with Gasteiger partial charge in [-0.2, -0.15) is 0 Å². The van der Waals surface area contributed by atoms with Crippen molar-refractivity contribution in [3.8, 4) is 11.4 Å². The first kappa shape index (κ1) is 23.7. The summed E-state index contributed by atoms with van der Waals surface area (Å²) in [7, 11) is 0. The molecule has 0 radical (unpaired) electrons. The number of ketones is 1. The molecule has 2 atom stereocenters. The lowest BCUT2D eigenvalue weighted by molar-refractivity contribution is -0.150. The predicted octanol–water partition coefficient (Wildman–Crippen LogP) is 1.27. The van der Waals surface area contributed by atoms with Crippen molar-refractivity contribution < 1.29 is 33.1 Å². The predicted molar refractivity (Wildman–Crippen MR) is 120 cm³/mol. The highest BCUT2D eigenvalue weighted by Gasteiger charge is 2.39. The second kappa shape index (κ2) is 9.83. The third-order valence-electron chi connectivity index (χ3n) is 5.21. The first-order valence-corrected chi connectivity index (χ1v) is 10.3. The van der Waals surface area contributed by atoms with Gasteiger partial charge in [-0.25, -0.2) is 9.18 Å². The van der Waals surface area contributed by atoms with Crippen molar-refractivity contribution in [2.24, 2.45) is 0 Å². The van der Waals surface area contributed by atoms with Crippen LogP contribution in [-0.2, 0) is 14.3 Å². The number of aliphatic hydroxyl groups excluding tert-OH is 1. The Hall–Kier alpha value is -4.42. The van der Waals surface area contributed by atoms with Crippen molar-refractivity contribution in [3.05, 3.63) is 77.1 Å². The molecule has 1 aromatic heterocycles. The topological polar surface area (TPSA) is 155 Å². The highest BCUT2D eigenvalue weighted by atomic mass is 19.1. The molecule has 11 nitrogen and oxygen atoms in total. The van der Waals surface area contributed by atoms with E-state index < -0.39 is 41.4 Å². The molecule has 1 fully saturated rings. The van der Waals surface area contributed by atoms with Crippen molar-refractivity contribution in [2.45, 2.75) is 12.2 Å². The SMILES string of the molecule is C=CC(=O)c1cc(F)cc(N2CCOC(C(O)C(=O)Nc3ccc(-c4noc(=O)[nH]4)cc3)C2=O)c1. The molecular formula is C23H19FN4O7. The van der Waals surface area contributed by atoms with Gasteiger partial charge in [-0.15, -0.1) is 0 Å². The summed E-state index contributed by atoms with van der Waals surface area (Å²) in [5.74, 6) is -3.46. The number of hydrogen-bond donors (Lipinski definition) is 3. The smallest absolute Gasteiger partial charge is 0.380 e. The van der Waals surface area contributed by atoms with Gasteiger partial charge in [0.25, 0.3) is 11.8 Å². The van der Waals surface area contributed by atoms with E-state index in [1.54, 1.807) is 12.1 Å². The number of nitrogens with one attached hydrogen (secondary N) is 2. The van der Waals surface area contributed by atoms with E-state index in [1.807, 2.05) is 0 Å². The number of aromatic nitrogens is 2. The zero-order valence-electron chi connectivity index (χ0n) is 18.1. The number of halogens is 1. The fourth-order valence-corrected chi connectivity index (χ4v) is 3.50. The fourth-order valence-electron chi connectivity index (χ4n) is 3.50. The molecule has 1 saturated heterocycles. The summed E-state index contributed by atoms with van der Waals surface area (Å²) in [5, 5.41) is 16.5. The second-order valence-electron chi connectivity index (χ2n) is 7.50. The Kier molecular flexibility index (Phi) is 6.66. The van der Waals surface area contributed by atoms with Crippen molar-refractivity contribution >= 4 is 29.0 Å². The van der Waals surface area contributed by atoms with Crippen LogP contribution in [0, 0.1) is 5.82 Å². The van der Waals surface area contributed by atoms with Gasteiger partial charge in [0.1, 0.15) is 5.82 Å². The van der Waals surface area contributed by atoms with Gasteiger partial charge in [0.05, 0.1) is 6.61 Å². The number of ether oxygens (including phenoxy) is 1. The normalized spacial score (nSPS) is 16.6. The number of hydrogen-bond acceptors (Lipinski definition) is 8. The molecule has 35 heavy (non-hydrogen) atoms. The number of aliphatic hydroxyl groups is 1. The third-order valence-corrected chi connectivity index (χ3v) is 5.21. The van der Waals surface area contributed by atoms with Gasteiger partial charge in [0.2, 0.25) is 0 Å². The molecule has 0 bridgehead atoms. The largest absolute Gasteiger partial charge is 0.439 e. The summed E-state index contributed by atoms with van der Waals surface area (Å²) in [4.78, 5) is 52.1. The molecule has 180 valence electrons. The van der Waals surface area contributed by atoms with Crippen molar-refractivity contribution in [3.63, 3.8) is 0 Å². The lowest BCUT2D eigenvalue weighted by Crippen LogP contribution is -2.55. The van der Waals surface area contributed by atoms with E-state index in [1.165, 1.54) is 18.2 Å². The van der Waals surface area contributed by atoms with Gasteiger partial charge in [-0.1, -0.05) is 11.7 Å². The molecule has 3 aromatic rings. The molecule has 2 heterocycles. The summed E-state index contributed by atoms with van der Waals surface area (Å²) in [6.07, 6.45) is -2.40. The van der Waals surface area contributed by atoms with Gasteiger partial charge < -0.3 is 20.1 Å². The lowest BCUT2D eigenvalue weighted by Gasteiger charge is -2.34. The quantitative estimate of drug-likeness (QED) is 0.336. The first-order chi connectivity index (χ1) is 16.8. The maximum absolute atomic E-state index is 14.1. The molecule has 4 rings (SSSR count). The van der Waals surface area contributed by atoms with E-state index in [4.69, 9.17) is 4.74 Å². The standard InChI is InChI=1S/C23H19FN4O7/c1-2-17(29)13-9-14(24)11-16(10-13)28-7-8-34-19(22(28)32)18(30)21(31)25-15-5-3-12(4-6-15)20-26-23(33)35-27-20/h2-6,9-11,18-19,30H,1,7-8H2,(H,25,31)(H,26,27,33).